The molecule has 30 heavy (non-hydrogen) atoms. The number of anilines is 1. The molecule has 0 bridgehead atoms. The Morgan fingerprint density at radius 3 is 2.50 bits per heavy atom. The van der Waals surface area contributed by atoms with Crippen molar-refractivity contribution >= 4 is 11.7 Å². The van der Waals surface area contributed by atoms with Crippen molar-refractivity contribution < 1.29 is 14.6 Å². The molecular weight excluding hydrogens is 378 g/mol. The maximum atomic E-state index is 12.2. The van der Waals surface area contributed by atoms with Gasteiger partial charge in [-0.2, -0.15) is 0 Å². The Kier molecular flexibility index (Phi) is 9.59. The summed E-state index contributed by atoms with van der Waals surface area (Å²) in [6.07, 6.45) is 4.18. The van der Waals surface area contributed by atoms with Crippen LogP contribution in [-0.2, 0) is 11.3 Å². The number of urea groups is 1. The molecule has 0 saturated carbocycles. The molecule has 1 aromatic carbocycles. The van der Waals surface area contributed by atoms with Gasteiger partial charge in [0.05, 0.1) is 12.2 Å². The molecule has 1 aliphatic heterocycles. The standard InChI is InChI=1S/C24H41N3O3/c1-18(2)27(16-22-8-6-7-13-30-22)15-20-9-11-21(12-10-20)26-23(29)25-17-24(4,5)14-19(3)28/h9-12,18-19,22,28H,6-8,13-17H2,1-5H3,(H2,25,26,29)/t19-,22+/m1/s1. The quantitative estimate of drug-likeness (QED) is 0.526. The summed E-state index contributed by atoms with van der Waals surface area (Å²) in [4.78, 5) is 14.7. The van der Waals surface area contributed by atoms with Crippen LogP contribution in [0.3, 0.4) is 0 Å². The molecule has 3 N–H and O–H groups in total. The number of hydrogen-bond donors (Lipinski definition) is 3. The molecule has 1 saturated heterocycles. The maximum Gasteiger partial charge on any atom is 0.319 e. The van der Waals surface area contributed by atoms with E-state index >= 15 is 0 Å². The molecule has 0 spiro atoms. The second kappa shape index (κ2) is 11.7. The Morgan fingerprint density at radius 1 is 1.23 bits per heavy atom. The van der Waals surface area contributed by atoms with Gasteiger partial charge in [0, 0.05) is 38.0 Å². The van der Waals surface area contributed by atoms with E-state index < -0.39 is 0 Å². The highest BCUT2D eigenvalue weighted by atomic mass is 16.5. The second-order valence-corrected chi connectivity index (χ2v) is 9.73. The molecule has 0 unspecified atom stereocenters. The van der Waals surface area contributed by atoms with Crippen molar-refractivity contribution in [3.8, 4) is 0 Å². The van der Waals surface area contributed by atoms with E-state index in [-0.39, 0.29) is 17.6 Å². The minimum Gasteiger partial charge on any atom is -0.393 e. The average molecular weight is 420 g/mol. The monoisotopic (exact) mass is 419 g/mol. The lowest BCUT2D eigenvalue weighted by molar-refractivity contribution is -0.0129. The summed E-state index contributed by atoms with van der Waals surface area (Å²) in [5, 5.41) is 15.4. The van der Waals surface area contributed by atoms with Gasteiger partial charge in [-0.15, -0.1) is 0 Å². The zero-order valence-electron chi connectivity index (χ0n) is 19.4. The van der Waals surface area contributed by atoms with Gasteiger partial charge in [-0.25, -0.2) is 4.79 Å². The number of nitrogens with zero attached hydrogens (tertiary/aromatic N) is 1. The van der Waals surface area contributed by atoms with Crippen LogP contribution in [0.5, 0.6) is 0 Å². The lowest BCUT2D eigenvalue weighted by atomic mass is 9.87. The van der Waals surface area contributed by atoms with E-state index in [1.54, 1.807) is 6.92 Å². The summed E-state index contributed by atoms with van der Waals surface area (Å²) >= 11 is 0. The molecule has 1 aromatic rings. The van der Waals surface area contributed by atoms with Gasteiger partial charge in [-0.1, -0.05) is 26.0 Å². The predicted molar refractivity (Wildman–Crippen MR) is 123 cm³/mol. The first kappa shape index (κ1) is 24.6. The van der Waals surface area contributed by atoms with E-state index in [0.717, 1.165) is 31.8 Å². The second-order valence-electron chi connectivity index (χ2n) is 9.73. The molecule has 2 amide bonds. The van der Waals surface area contributed by atoms with E-state index in [9.17, 15) is 9.90 Å². The fourth-order valence-electron chi connectivity index (χ4n) is 3.97. The van der Waals surface area contributed by atoms with Gasteiger partial charge in [-0.05, 0) is 69.6 Å². The Hall–Kier alpha value is -1.63. The predicted octanol–water partition coefficient (Wildman–Crippen LogP) is 4.38. The van der Waals surface area contributed by atoms with Gasteiger partial charge in [0.2, 0.25) is 0 Å². The zero-order valence-corrected chi connectivity index (χ0v) is 19.4. The molecular formula is C24H41N3O3. The molecule has 2 rings (SSSR count). The summed E-state index contributed by atoms with van der Waals surface area (Å²) in [7, 11) is 0. The molecule has 1 aliphatic rings. The molecule has 2 atom stereocenters. The van der Waals surface area contributed by atoms with Crippen LogP contribution in [0.15, 0.2) is 24.3 Å². The maximum absolute atomic E-state index is 12.2. The van der Waals surface area contributed by atoms with Gasteiger partial charge < -0.3 is 20.5 Å². The third kappa shape index (κ3) is 9.02. The zero-order chi connectivity index (χ0) is 22.1. The van der Waals surface area contributed by atoms with Crippen LogP contribution in [-0.4, -0.2) is 54.0 Å². The number of rotatable bonds is 10. The number of hydrogen-bond acceptors (Lipinski definition) is 4. The summed E-state index contributed by atoms with van der Waals surface area (Å²) in [6, 6.07) is 8.27. The number of carbonyl (C=O) groups is 1. The topological polar surface area (TPSA) is 73.8 Å². The highest BCUT2D eigenvalue weighted by Crippen LogP contribution is 2.21. The van der Waals surface area contributed by atoms with Crippen LogP contribution < -0.4 is 10.6 Å². The molecule has 0 aromatic heterocycles. The molecule has 1 fully saturated rings. The van der Waals surface area contributed by atoms with Gasteiger partial charge in [0.25, 0.3) is 0 Å². The van der Waals surface area contributed by atoms with Crippen LogP contribution >= 0.6 is 0 Å². The average Bonchev–Trinajstić information content (AvgIpc) is 2.67. The van der Waals surface area contributed by atoms with Crippen molar-refractivity contribution in [3.05, 3.63) is 29.8 Å². The lowest BCUT2D eigenvalue weighted by Crippen LogP contribution is -2.39. The van der Waals surface area contributed by atoms with Crippen LogP contribution in [0.2, 0.25) is 0 Å². The smallest absolute Gasteiger partial charge is 0.319 e. The van der Waals surface area contributed by atoms with Gasteiger partial charge in [0.15, 0.2) is 0 Å². The van der Waals surface area contributed by atoms with Crippen LogP contribution in [0.25, 0.3) is 0 Å². The number of nitrogens with one attached hydrogen (secondary N) is 2. The lowest BCUT2D eigenvalue weighted by Gasteiger charge is -2.32. The largest absolute Gasteiger partial charge is 0.393 e. The van der Waals surface area contributed by atoms with Crippen molar-refractivity contribution in [2.24, 2.45) is 5.41 Å². The van der Waals surface area contributed by atoms with Crippen LogP contribution in [0.1, 0.15) is 65.9 Å². The third-order valence-electron chi connectivity index (χ3n) is 5.62. The number of amides is 2. The van der Waals surface area contributed by atoms with Gasteiger partial charge >= 0.3 is 6.03 Å². The van der Waals surface area contributed by atoms with Crippen molar-refractivity contribution in [2.75, 3.05) is 25.0 Å². The molecule has 0 radical (unpaired) electrons. The van der Waals surface area contributed by atoms with E-state index in [0.29, 0.717) is 25.1 Å². The van der Waals surface area contributed by atoms with Crippen molar-refractivity contribution in [1.29, 1.82) is 0 Å². The number of aliphatic hydroxyl groups excluding tert-OH is 1. The first-order valence-corrected chi connectivity index (χ1v) is 11.3. The third-order valence-corrected chi connectivity index (χ3v) is 5.62. The van der Waals surface area contributed by atoms with E-state index in [4.69, 9.17) is 4.74 Å². The van der Waals surface area contributed by atoms with Gasteiger partial charge in [-0.3, -0.25) is 4.90 Å². The minimum atomic E-state index is -0.382. The number of carbonyl (C=O) groups excluding carboxylic acids is 1. The normalized spacial score (nSPS) is 18.5. The fourth-order valence-corrected chi connectivity index (χ4v) is 3.97. The fraction of sp³-hybridized carbons (Fsp3) is 0.708. The molecule has 0 aliphatic carbocycles. The van der Waals surface area contributed by atoms with E-state index in [1.165, 1.54) is 18.4 Å². The number of aliphatic hydroxyl groups is 1. The Balaban J connectivity index is 1.83. The number of ether oxygens (including phenoxy) is 1. The molecule has 6 heteroatoms. The van der Waals surface area contributed by atoms with Crippen molar-refractivity contribution in [2.45, 2.75) is 85.1 Å². The Morgan fingerprint density at radius 2 is 1.93 bits per heavy atom. The molecule has 170 valence electrons. The van der Waals surface area contributed by atoms with E-state index in [1.807, 2.05) is 26.0 Å². The Labute approximate surface area is 182 Å². The van der Waals surface area contributed by atoms with Crippen molar-refractivity contribution in [3.63, 3.8) is 0 Å². The Bertz CT molecular complexity index is 638. The van der Waals surface area contributed by atoms with Crippen LogP contribution in [0.4, 0.5) is 10.5 Å². The minimum absolute atomic E-state index is 0.155. The summed E-state index contributed by atoms with van der Waals surface area (Å²) in [5.74, 6) is 0. The highest BCUT2D eigenvalue weighted by molar-refractivity contribution is 5.89. The molecule has 6 nitrogen and oxygen atoms in total. The summed E-state index contributed by atoms with van der Waals surface area (Å²) < 4.78 is 5.92. The first-order valence-electron chi connectivity index (χ1n) is 11.3. The number of benzene rings is 1. The summed E-state index contributed by atoms with van der Waals surface area (Å²) in [5.41, 5.74) is 1.84. The van der Waals surface area contributed by atoms with Crippen LogP contribution in [0, 0.1) is 5.41 Å². The SMILES string of the molecule is CC(C)N(Cc1ccc(NC(=O)NCC(C)(C)C[C@@H](C)O)cc1)C[C@@H]1CCCCO1. The van der Waals surface area contributed by atoms with Crippen molar-refractivity contribution in [1.82, 2.24) is 10.2 Å². The first-order chi connectivity index (χ1) is 14.1. The van der Waals surface area contributed by atoms with Gasteiger partial charge in [0.1, 0.15) is 0 Å². The molecule has 1 heterocycles. The highest BCUT2D eigenvalue weighted by Gasteiger charge is 2.21. The van der Waals surface area contributed by atoms with E-state index in [2.05, 4.69) is 41.5 Å². The summed E-state index contributed by atoms with van der Waals surface area (Å²) in [6.45, 7) is 13.5.